The number of hydrogen-bond donors (Lipinski definition) is 1. The molecule has 0 unspecified atom stereocenters. The molecule has 0 fully saturated rings. The molecule has 2 aromatic carbocycles. The number of hydrogen-bond acceptors (Lipinski definition) is 2. The average Bonchev–Trinajstić information content (AvgIpc) is 2.47. The summed E-state index contributed by atoms with van der Waals surface area (Å²) in [5, 5.41) is 0. The van der Waals surface area contributed by atoms with Crippen LogP contribution in [-0.2, 0) is 12.3 Å². The second-order valence-electron chi connectivity index (χ2n) is 4.65. The lowest BCUT2D eigenvalue weighted by Crippen LogP contribution is -2.23. The average molecular weight is 307 g/mol. The molecule has 0 aromatic heterocycles. The van der Waals surface area contributed by atoms with Crippen LogP contribution in [0.3, 0.4) is 0 Å². The zero-order chi connectivity index (χ0) is 15.3. The van der Waals surface area contributed by atoms with Gasteiger partial charge >= 0.3 is 5.92 Å². The minimum absolute atomic E-state index is 0.0601. The van der Waals surface area contributed by atoms with Crippen LogP contribution in [0.2, 0.25) is 0 Å². The van der Waals surface area contributed by atoms with Crippen LogP contribution >= 0.6 is 12.2 Å². The van der Waals surface area contributed by atoms with Gasteiger partial charge in [-0.3, -0.25) is 0 Å². The maximum atomic E-state index is 13.9. The zero-order valence-corrected chi connectivity index (χ0v) is 12.1. The van der Waals surface area contributed by atoms with Crippen LogP contribution in [0.1, 0.15) is 11.1 Å². The first kappa shape index (κ1) is 15.4. The molecule has 0 heterocycles. The molecule has 2 nitrogen and oxygen atoms in total. The fourth-order valence-electron chi connectivity index (χ4n) is 1.84. The minimum atomic E-state index is -3.03. The molecule has 110 valence electrons. The van der Waals surface area contributed by atoms with Crippen molar-refractivity contribution in [1.29, 1.82) is 0 Å². The summed E-state index contributed by atoms with van der Waals surface area (Å²) in [6, 6.07) is 14.4. The van der Waals surface area contributed by atoms with Crippen LogP contribution in [0, 0.1) is 0 Å². The standard InChI is InChI=1S/C16H15F2NOS/c17-16(18,13-4-2-1-3-5-13)11-20-14-8-6-12(7-9-14)10-15(19)21/h1-9H,10-11H2,(H2,19,21). The predicted molar refractivity (Wildman–Crippen MR) is 82.8 cm³/mol. The Balaban J connectivity index is 1.98. The Bertz CT molecular complexity index is 599. The van der Waals surface area contributed by atoms with Crippen molar-refractivity contribution < 1.29 is 13.5 Å². The number of rotatable bonds is 6. The van der Waals surface area contributed by atoms with Crippen LogP contribution in [-0.4, -0.2) is 11.6 Å². The molecular weight excluding hydrogens is 292 g/mol. The van der Waals surface area contributed by atoms with Gasteiger partial charge < -0.3 is 10.5 Å². The highest BCUT2D eigenvalue weighted by Crippen LogP contribution is 2.28. The zero-order valence-electron chi connectivity index (χ0n) is 11.3. The Kier molecular flexibility index (Phi) is 4.85. The van der Waals surface area contributed by atoms with Gasteiger partial charge in [-0.15, -0.1) is 0 Å². The van der Waals surface area contributed by atoms with E-state index >= 15 is 0 Å². The fourth-order valence-corrected chi connectivity index (χ4v) is 2.01. The van der Waals surface area contributed by atoms with Gasteiger partial charge in [0.2, 0.25) is 0 Å². The third-order valence-corrected chi connectivity index (χ3v) is 3.06. The Morgan fingerprint density at radius 2 is 1.67 bits per heavy atom. The van der Waals surface area contributed by atoms with Crippen molar-refractivity contribution in [3.05, 3.63) is 65.7 Å². The molecule has 5 heteroatoms. The third-order valence-electron chi connectivity index (χ3n) is 2.92. The fraction of sp³-hybridized carbons (Fsp3) is 0.188. The molecule has 0 aliphatic rings. The summed E-state index contributed by atoms with van der Waals surface area (Å²) in [6.07, 6.45) is 0.482. The second-order valence-corrected chi connectivity index (χ2v) is 5.17. The van der Waals surface area contributed by atoms with Crippen LogP contribution in [0.5, 0.6) is 5.75 Å². The topological polar surface area (TPSA) is 35.2 Å². The van der Waals surface area contributed by atoms with Crippen LogP contribution in [0.4, 0.5) is 8.78 Å². The molecular formula is C16H15F2NOS. The highest BCUT2D eigenvalue weighted by molar-refractivity contribution is 7.80. The number of halogens is 2. The maximum Gasteiger partial charge on any atom is 0.306 e. The van der Waals surface area contributed by atoms with Gasteiger partial charge in [0.15, 0.2) is 6.61 Å². The lowest BCUT2D eigenvalue weighted by molar-refractivity contribution is -0.0467. The van der Waals surface area contributed by atoms with Crippen LogP contribution in [0.15, 0.2) is 54.6 Å². The highest BCUT2D eigenvalue weighted by atomic mass is 32.1. The van der Waals surface area contributed by atoms with Gasteiger partial charge in [0.1, 0.15) is 5.75 Å². The van der Waals surface area contributed by atoms with Crippen molar-refractivity contribution in [3.8, 4) is 5.75 Å². The van der Waals surface area contributed by atoms with E-state index in [-0.39, 0.29) is 5.56 Å². The van der Waals surface area contributed by atoms with Gasteiger partial charge in [0, 0.05) is 12.0 Å². The second kappa shape index (κ2) is 6.63. The Hall–Kier alpha value is -2.01. The maximum absolute atomic E-state index is 13.9. The van der Waals surface area contributed by atoms with Gasteiger partial charge in [0.05, 0.1) is 4.99 Å². The first-order valence-electron chi connectivity index (χ1n) is 6.41. The van der Waals surface area contributed by atoms with Crippen LogP contribution < -0.4 is 10.5 Å². The first-order chi connectivity index (χ1) is 9.97. The predicted octanol–water partition coefficient (Wildman–Crippen LogP) is 3.69. The lowest BCUT2D eigenvalue weighted by atomic mass is 10.1. The summed E-state index contributed by atoms with van der Waals surface area (Å²) in [7, 11) is 0. The SMILES string of the molecule is NC(=S)Cc1ccc(OCC(F)(F)c2ccccc2)cc1. The molecule has 2 aromatic rings. The van der Waals surface area contributed by atoms with Crippen molar-refractivity contribution in [3.63, 3.8) is 0 Å². The van der Waals surface area contributed by atoms with E-state index in [1.165, 1.54) is 12.1 Å². The van der Waals surface area contributed by atoms with Gasteiger partial charge in [0.25, 0.3) is 0 Å². The molecule has 0 bridgehead atoms. The molecule has 0 amide bonds. The molecule has 2 rings (SSSR count). The monoisotopic (exact) mass is 307 g/mol. The van der Waals surface area contributed by atoms with Gasteiger partial charge in [-0.05, 0) is 17.7 Å². The van der Waals surface area contributed by atoms with E-state index in [4.69, 9.17) is 22.7 Å². The molecule has 0 saturated heterocycles. The Morgan fingerprint density at radius 3 is 2.24 bits per heavy atom. The molecule has 0 aliphatic carbocycles. The quantitative estimate of drug-likeness (QED) is 0.827. The normalized spacial score (nSPS) is 11.1. The molecule has 0 aliphatic heterocycles. The van der Waals surface area contributed by atoms with E-state index in [1.54, 1.807) is 42.5 Å². The number of thiocarbonyl (C=S) groups is 1. The van der Waals surface area contributed by atoms with E-state index in [0.29, 0.717) is 17.2 Å². The van der Waals surface area contributed by atoms with Crippen LogP contribution in [0.25, 0.3) is 0 Å². The summed E-state index contributed by atoms with van der Waals surface area (Å²) in [4.78, 5) is 0.388. The molecule has 0 radical (unpaired) electrons. The molecule has 21 heavy (non-hydrogen) atoms. The smallest absolute Gasteiger partial charge is 0.306 e. The van der Waals surface area contributed by atoms with E-state index in [0.717, 1.165) is 5.56 Å². The summed E-state index contributed by atoms with van der Waals surface area (Å²) in [6.45, 7) is -0.703. The molecule has 0 spiro atoms. The molecule has 0 saturated carbocycles. The number of benzene rings is 2. The number of nitrogens with two attached hydrogens (primary N) is 1. The largest absolute Gasteiger partial charge is 0.487 e. The van der Waals surface area contributed by atoms with Crippen molar-refractivity contribution in [2.45, 2.75) is 12.3 Å². The Labute approximate surface area is 127 Å². The van der Waals surface area contributed by atoms with Crippen molar-refractivity contribution in [2.24, 2.45) is 5.73 Å². The van der Waals surface area contributed by atoms with Gasteiger partial charge in [-0.25, -0.2) is 0 Å². The lowest BCUT2D eigenvalue weighted by Gasteiger charge is -2.17. The van der Waals surface area contributed by atoms with E-state index in [1.807, 2.05) is 0 Å². The molecule has 0 atom stereocenters. The summed E-state index contributed by atoms with van der Waals surface area (Å²) < 4.78 is 33.0. The number of alkyl halides is 2. The van der Waals surface area contributed by atoms with Crippen molar-refractivity contribution in [2.75, 3.05) is 6.61 Å². The van der Waals surface area contributed by atoms with E-state index in [9.17, 15) is 8.78 Å². The first-order valence-corrected chi connectivity index (χ1v) is 6.81. The molecule has 2 N–H and O–H groups in total. The van der Waals surface area contributed by atoms with E-state index < -0.39 is 12.5 Å². The van der Waals surface area contributed by atoms with Crippen molar-refractivity contribution in [1.82, 2.24) is 0 Å². The van der Waals surface area contributed by atoms with Gasteiger partial charge in [-0.1, -0.05) is 54.7 Å². The van der Waals surface area contributed by atoms with Crippen molar-refractivity contribution >= 4 is 17.2 Å². The summed E-state index contributed by atoms with van der Waals surface area (Å²) in [5.41, 5.74) is 6.30. The number of ether oxygens (including phenoxy) is 1. The minimum Gasteiger partial charge on any atom is -0.487 e. The van der Waals surface area contributed by atoms with E-state index in [2.05, 4.69) is 0 Å². The van der Waals surface area contributed by atoms with Gasteiger partial charge in [-0.2, -0.15) is 8.78 Å². The third kappa shape index (κ3) is 4.49. The Morgan fingerprint density at radius 1 is 1.05 bits per heavy atom. The highest BCUT2D eigenvalue weighted by Gasteiger charge is 2.32. The summed E-state index contributed by atoms with van der Waals surface area (Å²) in [5.74, 6) is -2.64. The summed E-state index contributed by atoms with van der Waals surface area (Å²) >= 11 is 4.81.